The molecule has 2 aromatic rings. The van der Waals surface area contributed by atoms with Crippen molar-refractivity contribution in [2.75, 3.05) is 0 Å². The zero-order chi connectivity index (χ0) is 10.7. The number of hydrogen-bond donors (Lipinski definition) is 0. The second-order valence-corrected chi connectivity index (χ2v) is 5.40. The third-order valence-corrected chi connectivity index (χ3v) is 3.72. The summed E-state index contributed by atoms with van der Waals surface area (Å²) in [7, 11) is 0. The van der Waals surface area contributed by atoms with Crippen molar-refractivity contribution >= 4 is 43.2 Å². The van der Waals surface area contributed by atoms with Crippen molar-refractivity contribution in [1.82, 2.24) is 4.98 Å². The highest BCUT2D eigenvalue weighted by Gasteiger charge is 2.00. The molecule has 0 saturated carbocycles. The average molecular weight is 349 g/mol. The lowest BCUT2D eigenvalue weighted by molar-refractivity contribution is 0.304. The summed E-state index contributed by atoms with van der Waals surface area (Å²) < 4.78 is 7.41. The average Bonchev–Trinajstić information content (AvgIpc) is 2.64. The molecule has 0 saturated heterocycles. The van der Waals surface area contributed by atoms with Gasteiger partial charge in [0.25, 0.3) is 5.19 Å². The first-order valence-corrected chi connectivity index (χ1v) is 6.69. The van der Waals surface area contributed by atoms with E-state index in [-0.39, 0.29) is 0 Å². The highest BCUT2D eigenvalue weighted by atomic mass is 79.9. The van der Waals surface area contributed by atoms with Crippen LogP contribution in [0.15, 0.2) is 38.7 Å². The Balaban J connectivity index is 1.96. The van der Waals surface area contributed by atoms with Crippen LogP contribution in [0.25, 0.3) is 0 Å². The molecule has 0 atom stereocenters. The van der Waals surface area contributed by atoms with Crippen LogP contribution < -0.4 is 4.74 Å². The van der Waals surface area contributed by atoms with Gasteiger partial charge in [0.15, 0.2) is 0 Å². The van der Waals surface area contributed by atoms with E-state index in [1.807, 2.05) is 29.6 Å². The summed E-state index contributed by atoms with van der Waals surface area (Å²) in [6.07, 6.45) is 0. The van der Waals surface area contributed by atoms with E-state index in [1.54, 1.807) is 0 Å². The molecule has 1 aromatic heterocycles. The molecule has 1 aromatic carbocycles. The molecule has 0 radical (unpaired) electrons. The fourth-order valence-electron chi connectivity index (χ4n) is 1.03. The summed E-state index contributed by atoms with van der Waals surface area (Å²) in [5, 5.41) is 2.58. The van der Waals surface area contributed by atoms with Gasteiger partial charge in [-0.05, 0) is 33.6 Å². The second kappa shape index (κ2) is 5.09. The zero-order valence-corrected chi connectivity index (χ0v) is 11.6. The van der Waals surface area contributed by atoms with Crippen LogP contribution >= 0.6 is 43.2 Å². The van der Waals surface area contributed by atoms with Gasteiger partial charge in [-0.1, -0.05) is 39.4 Å². The van der Waals surface area contributed by atoms with Gasteiger partial charge in [-0.25, -0.2) is 0 Å². The third-order valence-electron chi connectivity index (χ3n) is 1.73. The Kier molecular flexibility index (Phi) is 3.77. The number of halogens is 2. The Labute approximate surface area is 109 Å². The Morgan fingerprint density at radius 1 is 1.20 bits per heavy atom. The van der Waals surface area contributed by atoms with Crippen LogP contribution in [0.5, 0.6) is 5.19 Å². The second-order valence-electron chi connectivity index (χ2n) is 2.85. The predicted molar refractivity (Wildman–Crippen MR) is 68.3 cm³/mol. The van der Waals surface area contributed by atoms with Crippen molar-refractivity contribution < 1.29 is 4.74 Å². The number of rotatable bonds is 3. The molecule has 0 aliphatic heterocycles. The summed E-state index contributed by atoms with van der Waals surface area (Å²) in [5.74, 6) is 0. The largest absolute Gasteiger partial charge is 0.465 e. The molecule has 0 bridgehead atoms. The van der Waals surface area contributed by atoms with Gasteiger partial charge in [-0.3, -0.25) is 0 Å². The molecule has 2 rings (SSSR count). The van der Waals surface area contributed by atoms with Crippen molar-refractivity contribution in [3.63, 3.8) is 0 Å². The molecule has 5 heteroatoms. The van der Waals surface area contributed by atoms with E-state index in [2.05, 4.69) is 36.8 Å². The lowest BCUT2D eigenvalue weighted by Gasteiger charge is -2.02. The highest BCUT2D eigenvalue weighted by Crippen LogP contribution is 2.22. The SMILES string of the molecule is Brc1ccc(COc2nc(Br)cs2)cc1. The smallest absolute Gasteiger partial charge is 0.274 e. The van der Waals surface area contributed by atoms with Gasteiger partial charge in [0.2, 0.25) is 0 Å². The number of benzene rings is 1. The summed E-state index contributed by atoms with van der Waals surface area (Å²) in [6.45, 7) is 0.549. The maximum atomic E-state index is 5.51. The number of hydrogen-bond acceptors (Lipinski definition) is 3. The van der Waals surface area contributed by atoms with Crippen LogP contribution in [0, 0.1) is 0 Å². The van der Waals surface area contributed by atoms with Crippen LogP contribution in [0.4, 0.5) is 0 Å². The first-order valence-electron chi connectivity index (χ1n) is 4.22. The molecule has 78 valence electrons. The quantitative estimate of drug-likeness (QED) is 0.827. The Morgan fingerprint density at radius 3 is 2.53 bits per heavy atom. The van der Waals surface area contributed by atoms with E-state index in [0.717, 1.165) is 14.6 Å². The van der Waals surface area contributed by atoms with Gasteiger partial charge in [0.05, 0.1) is 0 Å². The normalized spacial score (nSPS) is 10.3. The molecule has 0 fully saturated rings. The maximum Gasteiger partial charge on any atom is 0.274 e. The number of nitrogens with zero attached hydrogens (tertiary/aromatic N) is 1. The molecule has 0 aliphatic carbocycles. The van der Waals surface area contributed by atoms with Crippen LogP contribution in [0.1, 0.15) is 5.56 Å². The lowest BCUT2D eigenvalue weighted by atomic mass is 10.2. The summed E-state index contributed by atoms with van der Waals surface area (Å²) in [6, 6.07) is 8.03. The van der Waals surface area contributed by atoms with Gasteiger partial charge < -0.3 is 4.74 Å². The van der Waals surface area contributed by atoms with Crippen molar-refractivity contribution in [1.29, 1.82) is 0 Å². The van der Waals surface area contributed by atoms with E-state index in [4.69, 9.17) is 4.74 Å². The first kappa shape index (κ1) is 11.1. The molecule has 0 unspecified atom stereocenters. The van der Waals surface area contributed by atoms with E-state index in [9.17, 15) is 0 Å². The van der Waals surface area contributed by atoms with Crippen molar-refractivity contribution in [2.45, 2.75) is 6.61 Å². The number of thiazole rings is 1. The van der Waals surface area contributed by atoms with Crippen molar-refractivity contribution in [3.8, 4) is 5.19 Å². The molecule has 0 spiro atoms. The summed E-state index contributed by atoms with van der Waals surface area (Å²) >= 11 is 8.15. The Hall–Kier alpha value is -0.390. The molecule has 0 aliphatic rings. The lowest BCUT2D eigenvalue weighted by Crippen LogP contribution is -1.94. The van der Waals surface area contributed by atoms with Crippen LogP contribution in [-0.2, 0) is 6.61 Å². The topological polar surface area (TPSA) is 22.1 Å². The van der Waals surface area contributed by atoms with Crippen LogP contribution in [0.3, 0.4) is 0 Å². The van der Waals surface area contributed by atoms with Crippen LogP contribution in [-0.4, -0.2) is 4.98 Å². The minimum absolute atomic E-state index is 0.549. The van der Waals surface area contributed by atoms with Gasteiger partial charge in [0.1, 0.15) is 11.2 Å². The summed E-state index contributed by atoms with van der Waals surface area (Å²) in [4.78, 5) is 4.15. The molecule has 0 N–H and O–H groups in total. The van der Waals surface area contributed by atoms with E-state index in [1.165, 1.54) is 11.3 Å². The maximum absolute atomic E-state index is 5.51. The van der Waals surface area contributed by atoms with E-state index in [0.29, 0.717) is 11.8 Å². The predicted octanol–water partition coefficient (Wildman–Crippen LogP) is 4.25. The van der Waals surface area contributed by atoms with Crippen molar-refractivity contribution in [3.05, 3.63) is 44.3 Å². The molecule has 15 heavy (non-hydrogen) atoms. The first-order chi connectivity index (χ1) is 7.24. The minimum Gasteiger partial charge on any atom is -0.465 e. The van der Waals surface area contributed by atoms with Gasteiger partial charge in [-0.15, -0.1) is 0 Å². The molecule has 2 nitrogen and oxygen atoms in total. The number of ether oxygens (including phenoxy) is 1. The fourth-order valence-corrected chi connectivity index (χ4v) is 2.38. The van der Waals surface area contributed by atoms with Gasteiger partial charge in [-0.2, -0.15) is 4.98 Å². The molecule has 0 amide bonds. The molecule has 1 heterocycles. The zero-order valence-electron chi connectivity index (χ0n) is 7.61. The van der Waals surface area contributed by atoms with Crippen molar-refractivity contribution in [2.24, 2.45) is 0 Å². The van der Waals surface area contributed by atoms with Crippen LogP contribution in [0.2, 0.25) is 0 Å². The van der Waals surface area contributed by atoms with Gasteiger partial charge >= 0.3 is 0 Å². The minimum atomic E-state index is 0.549. The molecular weight excluding hydrogens is 342 g/mol. The van der Waals surface area contributed by atoms with Gasteiger partial charge in [0, 0.05) is 9.85 Å². The van der Waals surface area contributed by atoms with E-state index < -0.39 is 0 Å². The monoisotopic (exact) mass is 347 g/mol. The fraction of sp³-hybridized carbons (Fsp3) is 0.100. The standard InChI is InChI=1S/C10H7Br2NOS/c11-8-3-1-7(2-4-8)5-14-10-13-9(12)6-15-10/h1-4,6H,5H2. The Bertz CT molecular complexity index is 441. The molecular formula is C10H7Br2NOS. The van der Waals surface area contributed by atoms with E-state index >= 15 is 0 Å². The summed E-state index contributed by atoms with van der Waals surface area (Å²) in [5.41, 5.74) is 1.13. The third kappa shape index (κ3) is 3.29. The Morgan fingerprint density at radius 2 is 1.93 bits per heavy atom. The number of aromatic nitrogens is 1. The highest BCUT2D eigenvalue weighted by molar-refractivity contribution is 9.10.